The molecule has 3 aromatic carbocycles. The Hall–Kier alpha value is -3.12. The Morgan fingerprint density at radius 1 is 0.893 bits per heavy atom. The number of carbonyl (C=O) groups excluding carboxylic acids is 1. The fraction of sp³-hybridized carbons (Fsp3) is 0.136. The summed E-state index contributed by atoms with van der Waals surface area (Å²) in [5.41, 5.74) is 1.68. The van der Waals surface area contributed by atoms with Crippen molar-refractivity contribution < 1.29 is 14.3 Å². The fourth-order valence-electron chi connectivity index (χ4n) is 2.61. The molecule has 0 unspecified atom stereocenters. The van der Waals surface area contributed by atoms with E-state index in [4.69, 9.17) is 9.47 Å². The number of hydrogen-bond donors (Lipinski definition) is 2. The standard InChI is InChI=1S/C22H22N2O3S/c1-26-19-13-12-16(14-20(19)27-2)15-23-22(25)24-18-10-6-7-11-21(18)28-17-8-4-3-5-9-17/h3-14H,15H2,1-2H3,(H2,23,24,25). The molecule has 0 aliphatic carbocycles. The normalized spacial score (nSPS) is 10.2. The molecule has 5 nitrogen and oxygen atoms in total. The lowest BCUT2D eigenvalue weighted by Gasteiger charge is -2.13. The Morgan fingerprint density at radius 3 is 2.36 bits per heavy atom. The third kappa shape index (κ3) is 5.20. The van der Waals surface area contributed by atoms with E-state index >= 15 is 0 Å². The highest BCUT2D eigenvalue weighted by molar-refractivity contribution is 7.99. The van der Waals surface area contributed by atoms with Crippen molar-refractivity contribution in [3.63, 3.8) is 0 Å². The maximum absolute atomic E-state index is 12.4. The van der Waals surface area contributed by atoms with Crippen molar-refractivity contribution in [3.8, 4) is 11.5 Å². The van der Waals surface area contributed by atoms with Gasteiger partial charge in [0.2, 0.25) is 0 Å². The molecular formula is C22H22N2O3S. The van der Waals surface area contributed by atoms with Crippen LogP contribution in [0, 0.1) is 0 Å². The van der Waals surface area contributed by atoms with Crippen LogP contribution in [0.1, 0.15) is 5.56 Å². The van der Waals surface area contributed by atoms with Crippen molar-refractivity contribution in [3.05, 3.63) is 78.4 Å². The third-order valence-electron chi connectivity index (χ3n) is 4.01. The highest BCUT2D eigenvalue weighted by Gasteiger charge is 2.09. The van der Waals surface area contributed by atoms with Gasteiger partial charge in [0.15, 0.2) is 11.5 Å². The van der Waals surface area contributed by atoms with Gasteiger partial charge in [-0.05, 0) is 42.0 Å². The summed E-state index contributed by atoms with van der Waals surface area (Å²) in [7, 11) is 3.18. The Labute approximate surface area is 169 Å². The van der Waals surface area contributed by atoms with Gasteiger partial charge in [-0.25, -0.2) is 4.79 Å². The summed E-state index contributed by atoms with van der Waals surface area (Å²) in [5.74, 6) is 1.29. The predicted octanol–water partition coefficient (Wildman–Crippen LogP) is 5.18. The number of carbonyl (C=O) groups is 1. The average Bonchev–Trinajstić information content (AvgIpc) is 2.74. The summed E-state index contributed by atoms with van der Waals surface area (Å²) < 4.78 is 10.5. The molecule has 0 atom stereocenters. The van der Waals surface area contributed by atoms with E-state index in [9.17, 15) is 4.79 Å². The molecule has 0 fully saturated rings. The molecule has 28 heavy (non-hydrogen) atoms. The minimum atomic E-state index is -0.268. The maximum atomic E-state index is 12.4. The highest BCUT2D eigenvalue weighted by atomic mass is 32.2. The first-order valence-corrected chi connectivity index (χ1v) is 9.59. The van der Waals surface area contributed by atoms with Crippen molar-refractivity contribution in [2.75, 3.05) is 19.5 Å². The van der Waals surface area contributed by atoms with Gasteiger partial charge in [0.05, 0.1) is 19.9 Å². The molecule has 3 aromatic rings. The van der Waals surface area contributed by atoms with Gasteiger partial charge in [-0.2, -0.15) is 0 Å². The van der Waals surface area contributed by atoms with Gasteiger partial charge in [-0.1, -0.05) is 48.2 Å². The molecule has 0 saturated carbocycles. The second-order valence-electron chi connectivity index (χ2n) is 5.91. The van der Waals surface area contributed by atoms with Crippen LogP contribution in [-0.2, 0) is 6.54 Å². The maximum Gasteiger partial charge on any atom is 0.319 e. The molecule has 0 aromatic heterocycles. The molecule has 144 valence electrons. The van der Waals surface area contributed by atoms with E-state index in [0.29, 0.717) is 18.0 Å². The Balaban J connectivity index is 1.62. The second kappa shape index (κ2) is 9.71. The van der Waals surface area contributed by atoms with E-state index < -0.39 is 0 Å². The molecule has 2 amide bonds. The van der Waals surface area contributed by atoms with Gasteiger partial charge in [-0.15, -0.1) is 0 Å². The van der Waals surface area contributed by atoms with Crippen LogP contribution >= 0.6 is 11.8 Å². The van der Waals surface area contributed by atoms with Crippen molar-refractivity contribution in [2.45, 2.75) is 16.3 Å². The zero-order chi connectivity index (χ0) is 19.8. The van der Waals surface area contributed by atoms with Gasteiger partial charge < -0.3 is 20.1 Å². The lowest BCUT2D eigenvalue weighted by molar-refractivity contribution is 0.251. The predicted molar refractivity (Wildman–Crippen MR) is 112 cm³/mol. The average molecular weight is 394 g/mol. The summed E-state index contributed by atoms with van der Waals surface area (Å²) in [6.45, 7) is 0.375. The molecule has 6 heteroatoms. The number of ether oxygens (including phenoxy) is 2. The van der Waals surface area contributed by atoms with Crippen LogP contribution in [0.15, 0.2) is 82.6 Å². The number of nitrogens with one attached hydrogen (secondary N) is 2. The van der Waals surface area contributed by atoms with E-state index in [0.717, 1.165) is 21.0 Å². The summed E-state index contributed by atoms with van der Waals surface area (Å²) in [6, 6.07) is 23.1. The number of amides is 2. The first-order chi connectivity index (χ1) is 13.7. The van der Waals surface area contributed by atoms with Crippen LogP contribution in [-0.4, -0.2) is 20.3 Å². The monoisotopic (exact) mass is 394 g/mol. The van der Waals surface area contributed by atoms with Crippen molar-refractivity contribution >= 4 is 23.5 Å². The lowest BCUT2D eigenvalue weighted by atomic mass is 10.2. The first kappa shape index (κ1) is 19.6. The second-order valence-corrected chi connectivity index (χ2v) is 7.02. The molecule has 0 aliphatic heterocycles. The zero-order valence-electron chi connectivity index (χ0n) is 15.8. The summed E-state index contributed by atoms with van der Waals surface area (Å²) >= 11 is 1.61. The van der Waals surface area contributed by atoms with Crippen LogP contribution in [0.5, 0.6) is 11.5 Å². The molecule has 0 bridgehead atoms. The Morgan fingerprint density at radius 2 is 1.61 bits per heavy atom. The number of anilines is 1. The van der Waals surface area contributed by atoms with Gasteiger partial charge in [0.1, 0.15) is 0 Å². The van der Waals surface area contributed by atoms with E-state index in [1.54, 1.807) is 26.0 Å². The number of methoxy groups -OCH3 is 2. The van der Waals surface area contributed by atoms with Crippen molar-refractivity contribution in [1.82, 2.24) is 5.32 Å². The number of rotatable bonds is 7. The summed E-state index contributed by atoms with van der Waals surface area (Å²) in [4.78, 5) is 14.5. The zero-order valence-corrected chi connectivity index (χ0v) is 16.6. The van der Waals surface area contributed by atoms with Crippen LogP contribution in [0.25, 0.3) is 0 Å². The van der Waals surface area contributed by atoms with Crippen LogP contribution in [0.3, 0.4) is 0 Å². The van der Waals surface area contributed by atoms with Crippen LogP contribution in [0.4, 0.5) is 10.5 Å². The molecule has 0 heterocycles. The molecular weight excluding hydrogens is 372 g/mol. The number of urea groups is 1. The van der Waals surface area contributed by atoms with Crippen LogP contribution < -0.4 is 20.1 Å². The Bertz CT molecular complexity index is 932. The quantitative estimate of drug-likeness (QED) is 0.580. The van der Waals surface area contributed by atoms with Crippen molar-refractivity contribution in [1.29, 1.82) is 0 Å². The topological polar surface area (TPSA) is 59.6 Å². The van der Waals surface area contributed by atoms with E-state index in [1.165, 1.54) is 0 Å². The number of para-hydroxylation sites is 1. The van der Waals surface area contributed by atoms with E-state index in [1.807, 2.05) is 72.8 Å². The fourth-order valence-corrected chi connectivity index (χ4v) is 3.54. The molecule has 0 aliphatic rings. The van der Waals surface area contributed by atoms with Gasteiger partial charge in [-0.3, -0.25) is 0 Å². The van der Waals surface area contributed by atoms with Gasteiger partial charge in [0.25, 0.3) is 0 Å². The number of hydrogen-bond acceptors (Lipinski definition) is 4. The Kier molecular flexibility index (Phi) is 6.81. The first-order valence-electron chi connectivity index (χ1n) is 8.77. The molecule has 0 saturated heterocycles. The SMILES string of the molecule is COc1ccc(CNC(=O)Nc2ccccc2Sc2ccccc2)cc1OC. The van der Waals surface area contributed by atoms with Gasteiger partial charge in [0, 0.05) is 16.3 Å². The minimum absolute atomic E-state index is 0.268. The summed E-state index contributed by atoms with van der Waals surface area (Å²) in [6.07, 6.45) is 0. The molecule has 2 N–H and O–H groups in total. The lowest BCUT2D eigenvalue weighted by Crippen LogP contribution is -2.28. The van der Waals surface area contributed by atoms with Crippen LogP contribution in [0.2, 0.25) is 0 Å². The smallest absolute Gasteiger partial charge is 0.319 e. The summed E-state index contributed by atoms with van der Waals surface area (Å²) in [5, 5.41) is 5.80. The highest BCUT2D eigenvalue weighted by Crippen LogP contribution is 2.33. The minimum Gasteiger partial charge on any atom is -0.493 e. The van der Waals surface area contributed by atoms with E-state index in [2.05, 4.69) is 10.6 Å². The third-order valence-corrected chi connectivity index (χ3v) is 5.09. The molecule has 3 rings (SSSR count). The van der Waals surface area contributed by atoms with E-state index in [-0.39, 0.29) is 6.03 Å². The molecule has 0 spiro atoms. The largest absolute Gasteiger partial charge is 0.493 e. The van der Waals surface area contributed by atoms with Crippen molar-refractivity contribution in [2.24, 2.45) is 0 Å². The molecule has 0 radical (unpaired) electrons. The number of benzene rings is 3. The van der Waals surface area contributed by atoms with Gasteiger partial charge >= 0.3 is 6.03 Å².